The van der Waals surface area contributed by atoms with Crippen LogP contribution in [0.2, 0.25) is 0 Å². The van der Waals surface area contributed by atoms with Gasteiger partial charge in [0.15, 0.2) is 5.82 Å². The molecule has 0 amide bonds. The van der Waals surface area contributed by atoms with Gasteiger partial charge >= 0.3 is 0 Å². The standard InChI is InChI=1S/C13H19N3OS/c1-9(2)6-10(14)7-13-15-12(16-17-13)8-11-4-3-5-18-11/h3-5,9-10H,6-8,14H2,1-2H3. The average Bonchev–Trinajstić information content (AvgIpc) is 2.89. The summed E-state index contributed by atoms with van der Waals surface area (Å²) in [4.78, 5) is 5.63. The zero-order chi connectivity index (χ0) is 13.0. The zero-order valence-electron chi connectivity index (χ0n) is 10.8. The summed E-state index contributed by atoms with van der Waals surface area (Å²) in [6.45, 7) is 4.33. The van der Waals surface area contributed by atoms with Crippen LogP contribution >= 0.6 is 11.3 Å². The second-order valence-electron chi connectivity index (χ2n) is 4.95. The van der Waals surface area contributed by atoms with Crippen molar-refractivity contribution >= 4 is 11.3 Å². The van der Waals surface area contributed by atoms with E-state index in [1.54, 1.807) is 11.3 Å². The lowest BCUT2D eigenvalue weighted by Crippen LogP contribution is -2.24. The first-order chi connectivity index (χ1) is 8.63. The van der Waals surface area contributed by atoms with Crippen molar-refractivity contribution in [2.75, 3.05) is 0 Å². The van der Waals surface area contributed by atoms with Crippen molar-refractivity contribution in [1.82, 2.24) is 10.1 Å². The Morgan fingerprint density at radius 3 is 2.94 bits per heavy atom. The minimum absolute atomic E-state index is 0.0973. The first-order valence-corrected chi connectivity index (χ1v) is 7.11. The molecule has 2 rings (SSSR count). The highest BCUT2D eigenvalue weighted by Gasteiger charge is 2.13. The molecule has 0 bridgehead atoms. The molecule has 2 N–H and O–H groups in total. The molecule has 5 heteroatoms. The second-order valence-corrected chi connectivity index (χ2v) is 5.99. The topological polar surface area (TPSA) is 64.9 Å². The van der Waals surface area contributed by atoms with Crippen molar-refractivity contribution in [1.29, 1.82) is 0 Å². The molecule has 1 unspecified atom stereocenters. The van der Waals surface area contributed by atoms with E-state index in [2.05, 4.69) is 35.4 Å². The molecule has 0 fully saturated rings. The number of hydrogen-bond donors (Lipinski definition) is 1. The zero-order valence-corrected chi connectivity index (χ0v) is 11.6. The summed E-state index contributed by atoms with van der Waals surface area (Å²) in [6, 6.07) is 4.20. The van der Waals surface area contributed by atoms with Crippen LogP contribution in [0.15, 0.2) is 22.0 Å². The van der Waals surface area contributed by atoms with Gasteiger partial charge < -0.3 is 10.3 Å². The van der Waals surface area contributed by atoms with E-state index in [1.165, 1.54) is 4.88 Å². The largest absolute Gasteiger partial charge is 0.339 e. The van der Waals surface area contributed by atoms with E-state index in [-0.39, 0.29) is 6.04 Å². The molecule has 0 saturated heterocycles. The van der Waals surface area contributed by atoms with Gasteiger partial charge in [0.2, 0.25) is 5.89 Å². The maximum atomic E-state index is 6.03. The third-order valence-corrected chi connectivity index (χ3v) is 3.51. The van der Waals surface area contributed by atoms with Crippen LogP contribution < -0.4 is 5.73 Å². The summed E-state index contributed by atoms with van der Waals surface area (Å²) in [5.74, 6) is 1.98. The molecule has 98 valence electrons. The fourth-order valence-corrected chi connectivity index (χ4v) is 2.63. The van der Waals surface area contributed by atoms with E-state index in [0.29, 0.717) is 18.2 Å². The quantitative estimate of drug-likeness (QED) is 0.872. The highest BCUT2D eigenvalue weighted by Crippen LogP contribution is 2.14. The molecule has 18 heavy (non-hydrogen) atoms. The molecular weight excluding hydrogens is 246 g/mol. The van der Waals surface area contributed by atoms with Gasteiger partial charge in [-0.3, -0.25) is 0 Å². The SMILES string of the molecule is CC(C)CC(N)Cc1nc(Cc2cccs2)no1. The lowest BCUT2D eigenvalue weighted by molar-refractivity contribution is 0.355. The van der Waals surface area contributed by atoms with E-state index in [4.69, 9.17) is 10.3 Å². The molecule has 0 aliphatic carbocycles. The predicted molar refractivity (Wildman–Crippen MR) is 72.6 cm³/mol. The Labute approximate surface area is 111 Å². The minimum atomic E-state index is 0.0973. The van der Waals surface area contributed by atoms with Crippen LogP contribution in [0.3, 0.4) is 0 Å². The molecule has 1 atom stereocenters. The summed E-state index contributed by atoms with van der Waals surface area (Å²) in [5, 5.41) is 6.04. The lowest BCUT2D eigenvalue weighted by Gasteiger charge is -2.10. The first-order valence-electron chi connectivity index (χ1n) is 6.23. The third-order valence-electron chi connectivity index (χ3n) is 2.63. The van der Waals surface area contributed by atoms with Crippen LogP contribution in [-0.4, -0.2) is 16.2 Å². The Bertz CT molecular complexity index is 464. The van der Waals surface area contributed by atoms with Crippen LogP contribution in [0.4, 0.5) is 0 Å². The van der Waals surface area contributed by atoms with Gasteiger partial charge in [0.05, 0.1) is 0 Å². The van der Waals surface area contributed by atoms with E-state index in [0.717, 1.165) is 18.7 Å². The highest BCUT2D eigenvalue weighted by atomic mass is 32.1. The van der Waals surface area contributed by atoms with E-state index in [9.17, 15) is 0 Å². The molecule has 0 saturated carbocycles. The number of thiophene rings is 1. The Morgan fingerprint density at radius 2 is 2.28 bits per heavy atom. The Balaban J connectivity index is 1.90. The van der Waals surface area contributed by atoms with Crippen LogP contribution in [-0.2, 0) is 12.8 Å². The van der Waals surface area contributed by atoms with Crippen LogP contribution in [0, 0.1) is 5.92 Å². The lowest BCUT2D eigenvalue weighted by atomic mass is 10.0. The van der Waals surface area contributed by atoms with E-state index < -0.39 is 0 Å². The molecule has 0 spiro atoms. The molecule has 0 aromatic carbocycles. The summed E-state index contributed by atoms with van der Waals surface area (Å²) in [6.07, 6.45) is 2.37. The van der Waals surface area contributed by atoms with Crippen LogP contribution in [0.1, 0.15) is 36.9 Å². The van der Waals surface area contributed by atoms with Gasteiger partial charge in [-0.2, -0.15) is 4.98 Å². The third kappa shape index (κ3) is 3.92. The maximum Gasteiger partial charge on any atom is 0.228 e. The Kier molecular flexibility index (Phi) is 4.49. The monoisotopic (exact) mass is 265 g/mol. The molecular formula is C13H19N3OS. The van der Waals surface area contributed by atoms with Crippen LogP contribution in [0.25, 0.3) is 0 Å². The van der Waals surface area contributed by atoms with Crippen molar-refractivity contribution in [3.8, 4) is 0 Å². The highest BCUT2D eigenvalue weighted by molar-refractivity contribution is 7.09. The normalized spacial score (nSPS) is 13.1. The van der Waals surface area contributed by atoms with Gasteiger partial charge in [0.25, 0.3) is 0 Å². The molecule has 2 heterocycles. The first kappa shape index (κ1) is 13.2. The maximum absolute atomic E-state index is 6.03. The number of hydrogen-bond acceptors (Lipinski definition) is 5. The molecule has 4 nitrogen and oxygen atoms in total. The Morgan fingerprint density at radius 1 is 1.44 bits per heavy atom. The van der Waals surface area contributed by atoms with Gasteiger partial charge in [0, 0.05) is 23.8 Å². The fourth-order valence-electron chi connectivity index (χ4n) is 1.93. The van der Waals surface area contributed by atoms with Crippen molar-refractivity contribution in [3.63, 3.8) is 0 Å². The number of aromatic nitrogens is 2. The van der Waals surface area contributed by atoms with Gasteiger partial charge in [-0.05, 0) is 23.8 Å². The van der Waals surface area contributed by atoms with Crippen molar-refractivity contribution < 1.29 is 4.52 Å². The Hall–Kier alpha value is -1.20. The molecule has 0 aliphatic heterocycles. The fraction of sp³-hybridized carbons (Fsp3) is 0.538. The van der Waals surface area contributed by atoms with Gasteiger partial charge in [-0.1, -0.05) is 25.1 Å². The molecule has 0 aliphatic rings. The van der Waals surface area contributed by atoms with Gasteiger partial charge in [0.1, 0.15) is 0 Å². The predicted octanol–water partition coefficient (Wildman–Crippen LogP) is 2.64. The van der Waals surface area contributed by atoms with Gasteiger partial charge in [-0.15, -0.1) is 11.3 Å². The second kappa shape index (κ2) is 6.11. The van der Waals surface area contributed by atoms with Crippen LogP contribution in [0.5, 0.6) is 0 Å². The van der Waals surface area contributed by atoms with Gasteiger partial charge in [-0.25, -0.2) is 0 Å². The summed E-state index contributed by atoms with van der Waals surface area (Å²) in [5.41, 5.74) is 6.03. The molecule has 2 aromatic heterocycles. The average molecular weight is 265 g/mol. The van der Waals surface area contributed by atoms with Crippen molar-refractivity contribution in [2.24, 2.45) is 11.7 Å². The van der Waals surface area contributed by atoms with Crippen molar-refractivity contribution in [3.05, 3.63) is 34.1 Å². The van der Waals surface area contributed by atoms with Crippen molar-refractivity contribution in [2.45, 2.75) is 39.2 Å². The number of rotatable bonds is 6. The summed E-state index contributed by atoms with van der Waals surface area (Å²) >= 11 is 1.70. The summed E-state index contributed by atoms with van der Waals surface area (Å²) in [7, 11) is 0. The molecule has 0 radical (unpaired) electrons. The number of nitrogens with two attached hydrogens (primary N) is 1. The summed E-state index contributed by atoms with van der Waals surface area (Å²) < 4.78 is 5.23. The molecule has 2 aromatic rings. The van der Waals surface area contributed by atoms with E-state index >= 15 is 0 Å². The smallest absolute Gasteiger partial charge is 0.228 e. The number of nitrogens with zero attached hydrogens (tertiary/aromatic N) is 2. The minimum Gasteiger partial charge on any atom is -0.339 e. The van der Waals surface area contributed by atoms with E-state index in [1.807, 2.05) is 6.07 Å².